The van der Waals surface area contributed by atoms with Crippen LogP contribution in [-0.4, -0.2) is 65.9 Å². The van der Waals surface area contributed by atoms with Gasteiger partial charge in [0.2, 0.25) is 0 Å². The molecule has 0 aliphatic carbocycles. The second kappa shape index (κ2) is 7.96. The van der Waals surface area contributed by atoms with Crippen molar-refractivity contribution in [3.05, 3.63) is 0 Å². The highest BCUT2D eigenvalue weighted by Gasteiger charge is 2.23. The Morgan fingerprint density at radius 2 is 2.21 bits per heavy atom. The highest BCUT2D eigenvalue weighted by atomic mass is 16.4. The predicted molar refractivity (Wildman–Crippen MR) is 69.9 cm³/mol. The van der Waals surface area contributed by atoms with E-state index < -0.39 is 18.0 Å². The minimum atomic E-state index is -1.14. The number of carboxylic acids is 1. The number of aliphatic hydroxyl groups excluding tert-OH is 1. The molecule has 0 aromatic rings. The van der Waals surface area contributed by atoms with E-state index in [1.807, 2.05) is 0 Å². The fourth-order valence-corrected chi connectivity index (χ4v) is 2.20. The van der Waals surface area contributed by atoms with Gasteiger partial charge >= 0.3 is 12.0 Å². The van der Waals surface area contributed by atoms with Crippen LogP contribution in [-0.2, 0) is 4.79 Å². The summed E-state index contributed by atoms with van der Waals surface area (Å²) in [7, 11) is 0. The summed E-state index contributed by atoms with van der Waals surface area (Å²) in [4.78, 5) is 24.7. The minimum Gasteiger partial charge on any atom is -0.480 e. The van der Waals surface area contributed by atoms with Gasteiger partial charge < -0.3 is 25.7 Å². The molecule has 0 aromatic carbocycles. The number of likely N-dealkylation sites (tertiary alicyclic amines) is 1. The van der Waals surface area contributed by atoms with E-state index in [9.17, 15) is 9.59 Å². The van der Waals surface area contributed by atoms with Crippen molar-refractivity contribution < 1.29 is 19.8 Å². The third kappa shape index (κ3) is 5.44. The van der Waals surface area contributed by atoms with Crippen LogP contribution < -0.4 is 10.6 Å². The van der Waals surface area contributed by atoms with E-state index in [0.29, 0.717) is 12.5 Å². The van der Waals surface area contributed by atoms with Gasteiger partial charge in [-0.3, -0.25) is 0 Å². The van der Waals surface area contributed by atoms with Crippen molar-refractivity contribution >= 4 is 12.0 Å². The number of hydrogen-bond acceptors (Lipinski definition) is 4. The van der Waals surface area contributed by atoms with Crippen LogP contribution in [0.3, 0.4) is 0 Å². The lowest BCUT2D eigenvalue weighted by Crippen LogP contribution is -2.47. The van der Waals surface area contributed by atoms with Crippen molar-refractivity contribution in [1.29, 1.82) is 0 Å². The van der Waals surface area contributed by atoms with Gasteiger partial charge in [0.1, 0.15) is 6.04 Å². The highest BCUT2D eigenvalue weighted by molar-refractivity contribution is 5.82. The van der Waals surface area contributed by atoms with Crippen LogP contribution >= 0.6 is 0 Å². The molecule has 1 heterocycles. The van der Waals surface area contributed by atoms with Crippen LogP contribution in [0.15, 0.2) is 0 Å². The number of nitrogens with zero attached hydrogens (tertiary/aromatic N) is 1. The standard InChI is InChI=1S/C12H23N3O4/c1-2-15-5-3-9(8-15)7-13-12(19)14-10(4-6-16)11(17)18/h9-10,16H,2-8H2,1H3,(H,17,18)(H2,13,14,19)/t9?,10-/m0/s1. The number of rotatable bonds is 7. The predicted octanol–water partition coefficient (Wildman–Crippen LogP) is -0.537. The second-order valence-electron chi connectivity index (χ2n) is 4.81. The van der Waals surface area contributed by atoms with Crippen molar-refractivity contribution in [3.63, 3.8) is 0 Å². The van der Waals surface area contributed by atoms with Gasteiger partial charge in [-0.2, -0.15) is 0 Å². The first-order valence-electron chi connectivity index (χ1n) is 6.67. The number of carbonyl (C=O) groups is 2. The van der Waals surface area contributed by atoms with Crippen molar-refractivity contribution in [1.82, 2.24) is 15.5 Å². The van der Waals surface area contributed by atoms with Gasteiger partial charge in [0, 0.05) is 26.1 Å². The molecule has 2 amide bonds. The molecule has 19 heavy (non-hydrogen) atoms. The number of amides is 2. The number of nitrogens with one attached hydrogen (secondary N) is 2. The van der Waals surface area contributed by atoms with E-state index >= 15 is 0 Å². The summed E-state index contributed by atoms with van der Waals surface area (Å²) in [6.45, 7) is 5.41. The van der Waals surface area contributed by atoms with E-state index in [-0.39, 0.29) is 13.0 Å². The Balaban J connectivity index is 2.25. The summed E-state index contributed by atoms with van der Waals surface area (Å²) in [5.74, 6) is -0.714. The molecule has 7 heteroatoms. The van der Waals surface area contributed by atoms with Crippen LogP contribution in [0.2, 0.25) is 0 Å². The van der Waals surface area contributed by atoms with Gasteiger partial charge in [-0.25, -0.2) is 9.59 Å². The summed E-state index contributed by atoms with van der Waals surface area (Å²) >= 11 is 0. The maximum Gasteiger partial charge on any atom is 0.326 e. The van der Waals surface area contributed by atoms with Crippen LogP contribution in [0, 0.1) is 5.92 Å². The quantitative estimate of drug-likeness (QED) is 0.499. The first kappa shape index (κ1) is 15.7. The lowest BCUT2D eigenvalue weighted by atomic mass is 10.1. The molecule has 1 unspecified atom stereocenters. The molecule has 7 nitrogen and oxygen atoms in total. The smallest absolute Gasteiger partial charge is 0.326 e. The number of aliphatic hydroxyl groups is 1. The number of urea groups is 1. The number of aliphatic carboxylic acids is 1. The van der Waals surface area contributed by atoms with E-state index in [2.05, 4.69) is 22.5 Å². The molecule has 1 aliphatic heterocycles. The Labute approximate surface area is 113 Å². The summed E-state index contributed by atoms with van der Waals surface area (Å²) < 4.78 is 0. The van der Waals surface area contributed by atoms with Gasteiger partial charge in [0.25, 0.3) is 0 Å². The SMILES string of the molecule is CCN1CCC(CNC(=O)N[C@@H](CCO)C(=O)O)C1. The highest BCUT2D eigenvalue weighted by Crippen LogP contribution is 2.14. The van der Waals surface area contributed by atoms with Crippen molar-refractivity contribution in [3.8, 4) is 0 Å². The van der Waals surface area contributed by atoms with Gasteiger partial charge in [-0.05, 0) is 25.4 Å². The first-order chi connectivity index (χ1) is 9.06. The summed E-state index contributed by atoms with van der Waals surface area (Å²) in [5, 5.41) is 22.6. The number of carbonyl (C=O) groups excluding carboxylic acids is 1. The maximum atomic E-state index is 11.6. The molecule has 0 spiro atoms. The maximum absolute atomic E-state index is 11.6. The summed E-state index contributed by atoms with van der Waals surface area (Å²) in [5.41, 5.74) is 0. The molecule has 0 radical (unpaired) electrons. The molecule has 1 saturated heterocycles. The summed E-state index contributed by atoms with van der Waals surface area (Å²) in [6, 6.07) is -1.53. The monoisotopic (exact) mass is 273 g/mol. The Morgan fingerprint density at radius 1 is 1.47 bits per heavy atom. The van der Waals surface area contributed by atoms with Gasteiger partial charge in [0.15, 0.2) is 0 Å². The molecule has 0 bridgehead atoms. The average molecular weight is 273 g/mol. The minimum absolute atomic E-state index is 0.00972. The Bertz CT molecular complexity index is 311. The van der Waals surface area contributed by atoms with Crippen LogP contribution in [0.4, 0.5) is 4.79 Å². The fraction of sp³-hybridized carbons (Fsp3) is 0.833. The van der Waals surface area contributed by atoms with E-state index in [1.54, 1.807) is 0 Å². The Morgan fingerprint density at radius 3 is 2.74 bits per heavy atom. The molecule has 4 N–H and O–H groups in total. The Hall–Kier alpha value is -1.34. The first-order valence-corrected chi connectivity index (χ1v) is 6.67. The largest absolute Gasteiger partial charge is 0.480 e. The van der Waals surface area contributed by atoms with Gasteiger partial charge in [0.05, 0.1) is 0 Å². The van der Waals surface area contributed by atoms with Gasteiger partial charge in [-0.15, -0.1) is 0 Å². The molecule has 1 fully saturated rings. The molecule has 0 aromatic heterocycles. The molecule has 2 atom stereocenters. The fourth-order valence-electron chi connectivity index (χ4n) is 2.20. The molecule has 110 valence electrons. The van der Waals surface area contributed by atoms with Crippen molar-refractivity contribution in [2.24, 2.45) is 5.92 Å². The Kier molecular flexibility index (Phi) is 6.58. The zero-order valence-electron chi connectivity index (χ0n) is 11.3. The zero-order valence-corrected chi connectivity index (χ0v) is 11.3. The molecule has 1 rings (SSSR count). The van der Waals surface area contributed by atoms with Crippen LogP contribution in [0.1, 0.15) is 19.8 Å². The van der Waals surface area contributed by atoms with Crippen LogP contribution in [0.5, 0.6) is 0 Å². The van der Waals surface area contributed by atoms with Crippen molar-refractivity contribution in [2.45, 2.75) is 25.8 Å². The topological polar surface area (TPSA) is 102 Å². The third-order valence-electron chi connectivity index (χ3n) is 3.39. The van der Waals surface area contributed by atoms with Gasteiger partial charge in [-0.1, -0.05) is 6.92 Å². The number of hydrogen-bond donors (Lipinski definition) is 4. The van der Waals surface area contributed by atoms with Crippen LogP contribution in [0.25, 0.3) is 0 Å². The molecular weight excluding hydrogens is 250 g/mol. The van der Waals surface area contributed by atoms with Crippen molar-refractivity contribution in [2.75, 3.05) is 32.8 Å². The third-order valence-corrected chi connectivity index (χ3v) is 3.39. The molecular formula is C12H23N3O4. The van der Waals surface area contributed by atoms with E-state index in [1.165, 1.54) is 0 Å². The average Bonchev–Trinajstić information content (AvgIpc) is 2.83. The summed E-state index contributed by atoms with van der Waals surface area (Å²) in [6.07, 6.45) is 1.06. The normalized spacial score (nSPS) is 21.1. The molecule has 1 aliphatic rings. The second-order valence-corrected chi connectivity index (χ2v) is 4.81. The lowest BCUT2D eigenvalue weighted by Gasteiger charge is -2.16. The number of carboxylic acid groups (broad SMARTS) is 1. The molecule has 0 saturated carbocycles. The zero-order chi connectivity index (χ0) is 14.3. The van der Waals surface area contributed by atoms with E-state index in [0.717, 1.165) is 26.1 Å². The van der Waals surface area contributed by atoms with E-state index in [4.69, 9.17) is 10.2 Å². The lowest BCUT2D eigenvalue weighted by molar-refractivity contribution is -0.139.